The molecule has 9 aromatic rings. The van der Waals surface area contributed by atoms with Crippen LogP contribution in [0, 0.1) is 20.8 Å². The van der Waals surface area contributed by atoms with Crippen LogP contribution in [0.3, 0.4) is 0 Å². The number of benzene rings is 9. The molecule has 0 unspecified atom stereocenters. The molecule has 256 valence electrons. The van der Waals surface area contributed by atoms with E-state index in [4.69, 9.17) is 0 Å². The first-order valence-electron chi connectivity index (χ1n) is 18.4. The minimum absolute atomic E-state index is 0.214. The molecule has 3 nitrogen and oxygen atoms in total. The first-order valence-corrected chi connectivity index (χ1v) is 18.4. The maximum atomic E-state index is 13.8. The van der Waals surface area contributed by atoms with Gasteiger partial charge in [0.1, 0.15) is 0 Å². The first kappa shape index (κ1) is 31.9. The van der Waals surface area contributed by atoms with Crippen LogP contribution >= 0.6 is 0 Å². The van der Waals surface area contributed by atoms with Gasteiger partial charge in [0.15, 0.2) is 11.6 Å². The van der Waals surface area contributed by atoms with Crippen molar-refractivity contribution in [3.8, 4) is 11.1 Å². The molecule has 0 atom stereocenters. The van der Waals surface area contributed by atoms with Crippen LogP contribution in [-0.2, 0) is 0 Å². The second kappa shape index (κ2) is 12.1. The van der Waals surface area contributed by atoms with E-state index in [0.29, 0.717) is 11.1 Å². The summed E-state index contributed by atoms with van der Waals surface area (Å²) in [6, 6.07) is 52.8. The van der Waals surface area contributed by atoms with Gasteiger partial charge in [-0.2, -0.15) is 0 Å². The molecule has 0 radical (unpaired) electrons. The molecule has 10 rings (SSSR count). The fourth-order valence-electron chi connectivity index (χ4n) is 8.84. The van der Waals surface area contributed by atoms with Crippen molar-refractivity contribution in [2.75, 3.05) is 4.90 Å². The third kappa shape index (κ3) is 4.89. The molecular formula is C51H35NO2. The zero-order valence-corrected chi connectivity index (χ0v) is 30.3. The Morgan fingerprint density at radius 3 is 1.67 bits per heavy atom. The van der Waals surface area contributed by atoms with Crippen LogP contribution in [0.2, 0.25) is 0 Å². The topological polar surface area (TPSA) is 37.4 Å². The number of allylic oxidation sites excluding steroid dienone is 1. The highest BCUT2D eigenvalue weighted by atomic mass is 16.2. The van der Waals surface area contributed by atoms with Crippen LogP contribution in [0.4, 0.5) is 17.1 Å². The number of Topliss-reactive ketones (excluding diaryl/α,β-unsaturated/α-hetero) is 2. The van der Waals surface area contributed by atoms with Crippen LogP contribution in [0.25, 0.3) is 60.3 Å². The monoisotopic (exact) mass is 693 g/mol. The number of aryl methyl sites for hydroxylation is 3. The fraction of sp³-hybridized carbons (Fsp3) is 0.0588. The van der Waals surface area contributed by atoms with E-state index in [9.17, 15) is 9.59 Å². The van der Waals surface area contributed by atoms with Gasteiger partial charge in [-0.15, -0.1) is 0 Å². The third-order valence-electron chi connectivity index (χ3n) is 11.2. The Balaban J connectivity index is 1.13. The Bertz CT molecular complexity index is 2960. The molecule has 0 aliphatic heterocycles. The van der Waals surface area contributed by atoms with E-state index in [1.54, 1.807) is 6.08 Å². The van der Waals surface area contributed by atoms with Crippen molar-refractivity contribution in [1.82, 2.24) is 0 Å². The van der Waals surface area contributed by atoms with Gasteiger partial charge in [0, 0.05) is 27.9 Å². The molecule has 1 aliphatic carbocycles. The number of fused-ring (bicyclic) bond motifs is 2. The molecule has 0 aromatic heterocycles. The van der Waals surface area contributed by atoms with Gasteiger partial charge < -0.3 is 4.90 Å². The van der Waals surface area contributed by atoms with Crippen LogP contribution in [0.15, 0.2) is 157 Å². The van der Waals surface area contributed by atoms with Gasteiger partial charge in [-0.1, -0.05) is 115 Å². The maximum Gasteiger partial charge on any atom is 0.197 e. The van der Waals surface area contributed by atoms with E-state index in [0.717, 1.165) is 65.7 Å². The van der Waals surface area contributed by atoms with E-state index < -0.39 is 0 Å². The van der Waals surface area contributed by atoms with Gasteiger partial charge in [0.05, 0.1) is 11.3 Å². The summed E-state index contributed by atoms with van der Waals surface area (Å²) >= 11 is 0. The second-order valence-electron chi connectivity index (χ2n) is 14.6. The number of nitrogens with zero attached hydrogens (tertiary/aromatic N) is 1. The minimum Gasteiger partial charge on any atom is -0.310 e. The lowest BCUT2D eigenvalue weighted by Gasteiger charge is -2.28. The summed E-state index contributed by atoms with van der Waals surface area (Å²) in [5.74, 6) is -0.433. The first-order chi connectivity index (χ1) is 26.3. The van der Waals surface area contributed by atoms with E-state index >= 15 is 0 Å². The number of carbonyl (C=O) groups excluding carboxylic acids is 2. The van der Waals surface area contributed by atoms with Gasteiger partial charge in [0.25, 0.3) is 0 Å². The van der Waals surface area contributed by atoms with Gasteiger partial charge in [-0.05, 0) is 135 Å². The highest BCUT2D eigenvalue weighted by Gasteiger charge is 2.33. The lowest BCUT2D eigenvalue weighted by Crippen LogP contribution is -2.10. The average molecular weight is 694 g/mol. The summed E-state index contributed by atoms with van der Waals surface area (Å²) in [6.07, 6.45) is 1.80. The standard InChI is InChI=1S/C51H35NO2/c1-30-25-31(2)47(32(3)26-30)33-15-20-40(21-16-33)52(39-11-5-4-6-12-39)46-24-19-35-17-22-41-38(14-13-34-18-23-42(46)49(35)48(34)41)29-45-50(53)43-27-36-9-7-8-10-37(36)28-44(43)51(45)54/h4-29H,1-3H3. The second-order valence-corrected chi connectivity index (χ2v) is 14.6. The number of hydrogen-bond acceptors (Lipinski definition) is 3. The van der Waals surface area contributed by atoms with Crippen molar-refractivity contribution in [3.63, 3.8) is 0 Å². The lowest BCUT2D eigenvalue weighted by molar-refractivity contribution is 0.0990. The number of anilines is 3. The minimum atomic E-state index is -0.217. The van der Waals surface area contributed by atoms with Gasteiger partial charge in [-0.3, -0.25) is 9.59 Å². The summed E-state index contributed by atoms with van der Waals surface area (Å²) in [5, 5.41) is 8.57. The highest BCUT2D eigenvalue weighted by Crippen LogP contribution is 2.45. The van der Waals surface area contributed by atoms with Crippen LogP contribution in [0.1, 0.15) is 43.0 Å². The van der Waals surface area contributed by atoms with E-state index in [2.05, 4.69) is 135 Å². The van der Waals surface area contributed by atoms with Gasteiger partial charge >= 0.3 is 0 Å². The van der Waals surface area contributed by atoms with E-state index in [-0.39, 0.29) is 17.1 Å². The Morgan fingerprint density at radius 1 is 0.481 bits per heavy atom. The molecule has 0 bridgehead atoms. The molecule has 0 heterocycles. The van der Waals surface area contributed by atoms with E-state index in [1.165, 1.54) is 27.8 Å². The molecule has 9 aromatic carbocycles. The molecule has 3 heteroatoms. The predicted octanol–water partition coefficient (Wildman–Crippen LogP) is 13.3. The molecule has 0 spiro atoms. The van der Waals surface area contributed by atoms with Gasteiger partial charge in [0.2, 0.25) is 0 Å². The number of hydrogen-bond donors (Lipinski definition) is 0. The number of rotatable bonds is 5. The molecule has 0 saturated heterocycles. The highest BCUT2D eigenvalue weighted by molar-refractivity contribution is 6.42. The molecule has 0 amide bonds. The Morgan fingerprint density at radius 2 is 1.02 bits per heavy atom. The van der Waals surface area contributed by atoms with Crippen molar-refractivity contribution in [2.24, 2.45) is 0 Å². The number of ketones is 2. The quantitative estimate of drug-likeness (QED) is 0.102. The fourth-order valence-corrected chi connectivity index (χ4v) is 8.84. The molecule has 1 aliphatic rings. The third-order valence-corrected chi connectivity index (χ3v) is 11.2. The Labute approximate surface area is 313 Å². The summed E-state index contributed by atoms with van der Waals surface area (Å²) in [7, 11) is 0. The van der Waals surface area contributed by atoms with Crippen molar-refractivity contribution in [3.05, 3.63) is 191 Å². The van der Waals surface area contributed by atoms with Crippen molar-refractivity contribution in [1.29, 1.82) is 0 Å². The van der Waals surface area contributed by atoms with Gasteiger partial charge in [-0.25, -0.2) is 0 Å². The van der Waals surface area contributed by atoms with Crippen LogP contribution in [0.5, 0.6) is 0 Å². The molecule has 0 fully saturated rings. The largest absolute Gasteiger partial charge is 0.310 e. The summed E-state index contributed by atoms with van der Waals surface area (Å²) in [6.45, 7) is 6.53. The normalized spacial score (nSPS) is 12.8. The molecular weight excluding hydrogens is 659 g/mol. The summed E-state index contributed by atoms with van der Waals surface area (Å²) in [5.41, 5.74) is 11.6. The SMILES string of the molecule is Cc1cc(C)c(-c2ccc(N(c3ccccc3)c3ccc4ccc5c(C=C6C(=O)c7cc8ccccc8cc7C6=O)ccc6ccc3c4c65)cc2)c(C)c1. The van der Waals surface area contributed by atoms with Crippen LogP contribution in [-0.4, -0.2) is 11.6 Å². The predicted molar refractivity (Wildman–Crippen MR) is 225 cm³/mol. The van der Waals surface area contributed by atoms with Crippen molar-refractivity contribution < 1.29 is 9.59 Å². The smallest absolute Gasteiger partial charge is 0.197 e. The zero-order valence-electron chi connectivity index (χ0n) is 30.3. The van der Waals surface area contributed by atoms with E-state index in [1.807, 2.05) is 42.5 Å². The molecule has 0 saturated carbocycles. The van der Waals surface area contributed by atoms with Crippen molar-refractivity contribution in [2.45, 2.75) is 20.8 Å². The van der Waals surface area contributed by atoms with Crippen molar-refractivity contribution >= 4 is 77.8 Å². The maximum absolute atomic E-state index is 13.8. The average Bonchev–Trinajstić information content (AvgIpc) is 3.41. The van der Waals surface area contributed by atoms with Crippen LogP contribution < -0.4 is 4.90 Å². The number of para-hydroxylation sites is 1. The molecule has 0 N–H and O–H groups in total. The lowest BCUT2D eigenvalue weighted by atomic mass is 9.90. The summed E-state index contributed by atoms with van der Waals surface area (Å²) in [4.78, 5) is 29.9. The number of carbonyl (C=O) groups is 2. The zero-order chi connectivity index (χ0) is 36.7. The summed E-state index contributed by atoms with van der Waals surface area (Å²) < 4.78 is 0. The Kier molecular flexibility index (Phi) is 7.15. The Hall–Kier alpha value is -6.84. The molecule has 54 heavy (non-hydrogen) atoms.